The third-order valence-electron chi connectivity index (χ3n) is 5.36. The summed E-state index contributed by atoms with van der Waals surface area (Å²) in [5.74, 6) is -0.221. The van der Waals surface area contributed by atoms with Crippen molar-refractivity contribution in [3.8, 4) is 0 Å². The van der Waals surface area contributed by atoms with Crippen LogP contribution in [-0.2, 0) is 4.74 Å². The van der Waals surface area contributed by atoms with Gasteiger partial charge in [-0.15, -0.1) is 0 Å². The fourth-order valence-electron chi connectivity index (χ4n) is 3.92. The highest BCUT2D eigenvalue weighted by molar-refractivity contribution is 6.11. The van der Waals surface area contributed by atoms with E-state index in [4.69, 9.17) is 4.74 Å². The predicted octanol–water partition coefficient (Wildman–Crippen LogP) is 1.50. The first-order chi connectivity index (χ1) is 13.7. The highest BCUT2D eigenvalue weighted by atomic mass is 16.5. The number of benzene rings is 2. The van der Waals surface area contributed by atoms with Crippen LogP contribution in [0.15, 0.2) is 47.3 Å². The van der Waals surface area contributed by atoms with E-state index in [0.717, 1.165) is 32.8 Å². The summed E-state index contributed by atoms with van der Waals surface area (Å²) in [6, 6.07) is 12.8. The lowest BCUT2D eigenvalue weighted by Crippen LogP contribution is -2.41. The fraction of sp³-hybridized carbons (Fsp3) is 0.286. The van der Waals surface area contributed by atoms with Crippen molar-refractivity contribution in [2.45, 2.75) is 0 Å². The molecule has 3 heterocycles. The second-order valence-electron chi connectivity index (χ2n) is 7.02. The molecule has 0 saturated carbocycles. The van der Waals surface area contributed by atoms with Crippen molar-refractivity contribution in [1.82, 2.24) is 19.8 Å². The van der Waals surface area contributed by atoms with Gasteiger partial charge in [0.05, 0.1) is 24.2 Å². The Balaban J connectivity index is 1.51. The molecule has 1 aliphatic heterocycles. The second kappa shape index (κ2) is 6.85. The molecule has 4 aromatic rings. The summed E-state index contributed by atoms with van der Waals surface area (Å²) in [4.78, 5) is 28.0. The second-order valence-corrected chi connectivity index (χ2v) is 7.02. The lowest BCUT2D eigenvalue weighted by molar-refractivity contribution is 0.0383. The van der Waals surface area contributed by atoms with E-state index in [9.17, 15) is 9.59 Å². The number of fused-ring (bicyclic) bond motifs is 2. The van der Waals surface area contributed by atoms with Crippen molar-refractivity contribution in [3.63, 3.8) is 0 Å². The van der Waals surface area contributed by atoms with Gasteiger partial charge in [0, 0.05) is 42.3 Å². The molecule has 2 aromatic heterocycles. The van der Waals surface area contributed by atoms with E-state index in [-0.39, 0.29) is 11.3 Å². The maximum absolute atomic E-state index is 12.9. The van der Waals surface area contributed by atoms with E-state index in [0.29, 0.717) is 39.4 Å². The summed E-state index contributed by atoms with van der Waals surface area (Å²) in [5, 5.41) is 9.43. The van der Waals surface area contributed by atoms with Gasteiger partial charge in [-0.2, -0.15) is 5.10 Å². The Hall–Kier alpha value is -3.03. The largest absolute Gasteiger partial charge is 0.379 e. The van der Waals surface area contributed by atoms with Gasteiger partial charge in [-0.3, -0.25) is 14.5 Å². The van der Waals surface area contributed by atoms with E-state index in [1.165, 1.54) is 0 Å². The van der Waals surface area contributed by atoms with Crippen LogP contribution in [0.1, 0.15) is 10.5 Å². The van der Waals surface area contributed by atoms with Crippen molar-refractivity contribution >= 4 is 33.1 Å². The normalized spacial score (nSPS) is 15.6. The summed E-state index contributed by atoms with van der Waals surface area (Å²) in [5.41, 5.74) is 1.73. The molecule has 1 amide bonds. The molecule has 7 heteroatoms. The SMILES string of the molecule is O=C(NCCN1CCOCC1)c1nn2c3ccccc3c(=O)c3cccc1c32. The number of pyridine rings is 1. The Kier molecular flexibility index (Phi) is 4.18. The zero-order valence-electron chi connectivity index (χ0n) is 15.4. The van der Waals surface area contributed by atoms with Crippen molar-refractivity contribution < 1.29 is 9.53 Å². The van der Waals surface area contributed by atoms with Crippen LogP contribution in [0.25, 0.3) is 27.2 Å². The lowest BCUT2D eigenvalue weighted by Gasteiger charge is -2.26. The van der Waals surface area contributed by atoms with E-state index in [2.05, 4.69) is 15.3 Å². The van der Waals surface area contributed by atoms with Gasteiger partial charge in [-0.25, -0.2) is 4.52 Å². The van der Waals surface area contributed by atoms with Crippen LogP contribution in [0, 0.1) is 0 Å². The van der Waals surface area contributed by atoms with Crippen molar-refractivity contribution in [2.75, 3.05) is 39.4 Å². The van der Waals surface area contributed by atoms with E-state index >= 15 is 0 Å². The molecule has 0 aliphatic carbocycles. The van der Waals surface area contributed by atoms with E-state index < -0.39 is 0 Å². The fourth-order valence-corrected chi connectivity index (χ4v) is 3.92. The summed E-state index contributed by atoms with van der Waals surface area (Å²) < 4.78 is 7.07. The van der Waals surface area contributed by atoms with Crippen LogP contribution >= 0.6 is 0 Å². The summed E-state index contributed by atoms with van der Waals surface area (Å²) in [6.07, 6.45) is 0. The zero-order valence-corrected chi connectivity index (χ0v) is 15.4. The number of aromatic nitrogens is 2. The van der Waals surface area contributed by atoms with Gasteiger partial charge in [0.1, 0.15) is 0 Å². The van der Waals surface area contributed by atoms with Crippen molar-refractivity contribution in [3.05, 3.63) is 58.4 Å². The maximum Gasteiger partial charge on any atom is 0.272 e. The smallest absolute Gasteiger partial charge is 0.272 e. The number of para-hydroxylation sites is 2. The van der Waals surface area contributed by atoms with Gasteiger partial charge in [-0.05, 0) is 18.2 Å². The molecule has 7 nitrogen and oxygen atoms in total. The minimum atomic E-state index is -0.221. The van der Waals surface area contributed by atoms with Crippen LogP contribution < -0.4 is 10.7 Å². The zero-order chi connectivity index (χ0) is 19.1. The molecule has 28 heavy (non-hydrogen) atoms. The molecule has 2 aromatic carbocycles. The Morgan fingerprint density at radius 1 is 1.04 bits per heavy atom. The van der Waals surface area contributed by atoms with Crippen LogP contribution in [0.3, 0.4) is 0 Å². The molecular formula is C21H20N4O3. The number of carbonyl (C=O) groups is 1. The molecule has 0 radical (unpaired) electrons. The summed E-state index contributed by atoms with van der Waals surface area (Å²) in [7, 11) is 0. The molecule has 0 atom stereocenters. The van der Waals surface area contributed by atoms with Crippen molar-refractivity contribution in [1.29, 1.82) is 0 Å². The maximum atomic E-state index is 12.9. The van der Waals surface area contributed by atoms with Gasteiger partial charge >= 0.3 is 0 Å². The van der Waals surface area contributed by atoms with Crippen LogP contribution in [0.5, 0.6) is 0 Å². The molecule has 1 N–H and O–H groups in total. The number of hydrogen-bond acceptors (Lipinski definition) is 5. The molecule has 1 saturated heterocycles. The number of morpholine rings is 1. The number of carbonyl (C=O) groups excluding carboxylic acids is 1. The number of amides is 1. The van der Waals surface area contributed by atoms with Gasteiger partial charge in [0.2, 0.25) is 0 Å². The Morgan fingerprint density at radius 3 is 2.64 bits per heavy atom. The number of nitrogens with zero attached hydrogens (tertiary/aromatic N) is 3. The summed E-state index contributed by atoms with van der Waals surface area (Å²) >= 11 is 0. The molecular weight excluding hydrogens is 356 g/mol. The number of ether oxygens (including phenoxy) is 1. The molecule has 5 rings (SSSR count). The standard InChI is InChI=1S/C21H20N4O3/c26-20-14-4-1-2-7-17(14)25-19-15(5-3-6-16(19)20)18(23-25)21(27)22-8-9-24-10-12-28-13-11-24/h1-7H,8-13H2,(H,22,27). The van der Waals surface area contributed by atoms with E-state index in [1.54, 1.807) is 22.7 Å². The number of rotatable bonds is 4. The van der Waals surface area contributed by atoms with Crippen LogP contribution in [0.4, 0.5) is 0 Å². The quantitative estimate of drug-likeness (QED) is 0.547. The average molecular weight is 376 g/mol. The molecule has 0 unspecified atom stereocenters. The third kappa shape index (κ3) is 2.71. The van der Waals surface area contributed by atoms with Gasteiger partial charge in [-0.1, -0.05) is 24.3 Å². The first-order valence-corrected chi connectivity index (χ1v) is 9.48. The molecule has 1 fully saturated rings. The van der Waals surface area contributed by atoms with Crippen molar-refractivity contribution in [2.24, 2.45) is 0 Å². The minimum absolute atomic E-state index is 0.0344. The van der Waals surface area contributed by atoms with Crippen LogP contribution in [0.2, 0.25) is 0 Å². The molecule has 1 aliphatic rings. The highest BCUT2D eigenvalue weighted by Gasteiger charge is 2.21. The summed E-state index contributed by atoms with van der Waals surface area (Å²) in [6.45, 7) is 4.56. The monoisotopic (exact) mass is 376 g/mol. The lowest BCUT2D eigenvalue weighted by atomic mass is 10.1. The predicted molar refractivity (Wildman–Crippen MR) is 107 cm³/mol. The molecule has 0 spiro atoms. The Morgan fingerprint density at radius 2 is 1.79 bits per heavy atom. The average Bonchev–Trinajstić information content (AvgIpc) is 3.13. The Bertz CT molecular complexity index is 1230. The van der Waals surface area contributed by atoms with Gasteiger partial charge in [0.25, 0.3) is 5.91 Å². The molecule has 142 valence electrons. The van der Waals surface area contributed by atoms with Crippen LogP contribution in [-0.4, -0.2) is 59.8 Å². The third-order valence-corrected chi connectivity index (χ3v) is 5.36. The number of hydrogen-bond donors (Lipinski definition) is 1. The van der Waals surface area contributed by atoms with Gasteiger partial charge < -0.3 is 10.1 Å². The first-order valence-electron chi connectivity index (χ1n) is 9.48. The van der Waals surface area contributed by atoms with E-state index in [1.807, 2.05) is 24.3 Å². The highest BCUT2D eigenvalue weighted by Crippen LogP contribution is 2.25. The van der Waals surface area contributed by atoms with Gasteiger partial charge in [0.15, 0.2) is 11.1 Å². The topological polar surface area (TPSA) is 75.9 Å². The number of nitrogens with one attached hydrogen (secondary N) is 1. The Labute approximate surface area is 160 Å². The molecule has 0 bridgehead atoms. The minimum Gasteiger partial charge on any atom is -0.379 e. The first kappa shape index (κ1) is 17.1.